The van der Waals surface area contributed by atoms with E-state index in [2.05, 4.69) is 105 Å². The van der Waals surface area contributed by atoms with Gasteiger partial charge in [-0.1, -0.05) is 113 Å². The van der Waals surface area contributed by atoms with Crippen molar-refractivity contribution in [3.63, 3.8) is 0 Å². The van der Waals surface area contributed by atoms with Gasteiger partial charge in [0.25, 0.3) is 0 Å². The molecule has 0 amide bonds. The van der Waals surface area contributed by atoms with Gasteiger partial charge in [0.15, 0.2) is 0 Å². The Kier molecular flexibility index (Phi) is 10.8. The molecule has 3 aromatic rings. The molecule has 0 aliphatic rings. The van der Waals surface area contributed by atoms with Crippen molar-refractivity contribution in [3.8, 4) is 0 Å². The van der Waals surface area contributed by atoms with E-state index in [1.54, 1.807) is 13.1 Å². The second kappa shape index (κ2) is 14.3. The lowest BCUT2D eigenvalue weighted by atomic mass is 9.84. The van der Waals surface area contributed by atoms with Crippen LogP contribution in [0.15, 0.2) is 127 Å². The number of rotatable bonds is 13. The molecule has 212 valence electrons. The first-order valence-corrected chi connectivity index (χ1v) is 14.0. The molecule has 0 aliphatic carbocycles. The van der Waals surface area contributed by atoms with Gasteiger partial charge in [-0.3, -0.25) is 4.99 Å². The number of fused-ring (bicyclic) bond motifs is 1. The van der Waals surface area contributed by atoms with Gasteiger partial charge in [-0.2, -0.15) is 0 Å². The van der Waals surface area contributed by atoms with Crippen molar-refractivity contribution in [2.45, 2.75) is 47.0 Å². The quantitative estimate of drug-likeness (QED) is 0.128. The van der Waals surface area contributed by atoms with E-state index >= 15 is 0 Å². The number of aryl methyl sites for hydroxylation is 1. The zero-order valence-corrected chi connectivity index (χ0v) is 25.3. The van der Waals surface area contributed by atoms with Gasteiger partial charge in [-0.15, -0.1) is 0 Å². The van der Waals surface area contributed by atoms with Gasteiger partial charge in [-0.25, -0.2) is 4.98 Å². The van der Waals surface area contributed by atoms with Crippen molar-refractivity contribution in [2.75, 3.05) is 12.4 Å². The highest BCUT2D eigenvalue weighted by Crippen LogP contribution is 2.28. The monoisotopic (exact) mass is 544 g/mol. The summed E-state index contributed by atoms with van der Waals surface area (Å²) in [7, 11) is 1.80. The molecule has 4 nitrogen and oxygen atoms in total. The number of hydrogen-bond donors (Lipinski definition) is 2. The average molecular weight is 545 g/mol. The van der Waals surface area contributed by atoms with Crippen LogP contribution >= 0.6 is 0 Å². The molecule has 0 unspecified atom stereocenters. The summed E-state index contributed by atoms with van der Waals surface area (Å²) in [6.07, 6.45) is 14.3. The Morgan fingerprint density at radius 1 is 1.02 bits per heavy atom. The highest BCUT2D eigenvalue weighted by Gasteiger charge is 2.15. The molecule has 3 rings (SSSR count). The van der Waals surface area contributed by atoms with Gasteiger partial charge in [-0.05, 0) is 78.1 Å². The van der Waals surface area contributed by atoms with Crippen LogP contribution in [-0.4, -0.2) is 22.7 Å². The minimum atomic E-state index is 0.0795. The number of imidazole rings is 1. The summed E-state index contributed by atoms with van der Waals surface area (Å²) >= 11 is 0. The summed E-state index contributed by atoms with van der Waals surface area (Å²) in [5.41, 5.74) is 10.5. The summed E-state index contributed by atoms with van der Waals surface area (Å²) in [4.78, 5) is 12.5. The van der Waals surface area contributed by atoms with Gasteiger partial charge in [0.2, 0.25) is 5.95 Å². The van der Waals surface area contributed by atoms with Gasteiger partial charge in [0, 0.05) is 12.7 Å². The normalized spacial score (nSPS) is 12.8. The van der Waals surface area contributed by atoms with Crippen LogP contribution in [0.2, 0.25) is 0 Å². The molecule has 2 N–H and O–H groups in total. The predicted molar refractivity (Wildman–Crippen MR) is 181 cm³/mol. The van der Waals surface area contributed by atoms with Crippen molar-refractivity contribution < 1.29 is 0 Å². The van der Waals surface area contributed by atoms with Crippen LogP contribution in [0.25, 0.3) is 16.7 Å². The maximum absolute atomic E-state index is 4.77. The zero-order chi connectivity index (χ0) is 30.0. The summed E-state index contributed by atoms with van der Waals surface area (Å²) in [6, 6.07) is 14.8. The molecule has 0 bridgehead atoms. The molecule has 0 spiro atoms. The Labute approximate surface area is 246 Å². The molecule has 0 fully saturated rings. The molecule has 41 heavy (non-hydrogen) atoms. The van der Waals surface area contributed by atoms with E-state index in [1.165, 1.54) is 16.7 Å². The molecule has 0 saturated heterocycles. The minimum Gasteiger partial charge on any atom is -0.326 e. The second-order valence-electron chi connectivity index (χ2n) is 11.2. The van der Waals surface area contributed by atoms with Crippen LogP contribution in [0.5, 0.6) is 0 Å². The minimum absolute atomic E-state index is 0.0795. The Hall–Kier alpha value is -4.44. The highest BCUT2D eigenvalue weighted by molar-refractivity contribution is 6.10. The van der Waals surface area contributed by atoms with Crippen LogP contribution < -0.4 is 5.32 Å². The van der Waals surface area contributed by atoms with Crippen LogP contribution in [0.4, 0.5) is 5.95 Å². The van der Waals surface area contributed by atoms with Crippen molar-refractivity contribution in [1.29, 1.82) is 0 Å². The van der Waals surface area contributed by atoms with E-state index in [-0.39, 0.29) is 5.41 Å². The van der Waals surface area contributed by atoms with Crippen molar-refractivity contribution in [1.82, 2.24) is 9.97 Å². The first-order chi connectivity index (χ1) is 19.5. The third-order valence-corrected chi connectivity index (χ3v) is 7.04. The molecule has 0 atom stereocenters. The second-order valence-corrected chi connectivity index (χ2v) is 11.2. The summed E-state index contributed by atoms with van der Waals surface area (Å²) < 4.78 is 0. The average Bonchev–Trinajstić information content (AvgIpc) is 3.34. The Bertz CT molecular complexity index is 1550. The van der Waals surface area contributed by atoms with Gasteiger partial charge in [0.1, 0.15) is 0 Å². The largest absolute Gasteiger partial charge is 0.326 e. The molecule has 2 aromatic carbocycles. The lowest BCUT2D eigenvalue weighted by Crippen LogP contribution is -2.10. The molecule has 0 radical (unpaired) electrons. The number of aliphatic imine (C=N–C) groups is 1. The fourth-order valence-electron chi connectivity index (χ4n) is 4.25. The fraction of sp³-hybridized carbons (Fsp3) is 0.243. The van der Waals surface area contributed by atoms with E-state index in [0.29, 0.717) is 5.95 Å². The van der Waals surface area contributed by atoms with Crippen LogP contribution in [0.1, 0.15) is 50.8 Å². The van der Waals surface area contributed by atoms with E-state index in [0.717, 1.165) is 58.4 Å². The number of nitrogens with one attached hydrogen (secondary N) is 2. The van der Waals surface area contributed by atoms with Gasteiger partial charge < -0.3 is 10.3 Å². The van der Waals surface area contributed by atoms with Gasteiger partial charge in [0.05, 0.1) is 16.7 Å². The highest BCUT2D eigenvalue weighted by atomic mass is 15.1. The molecular formula is C37H44N4. The summed E-state index contributed by atoms with van der Waals surface area (Å²) in [5, 5.41) is 3.36. The summed E-state index contributed by atoms with van der Waals surface area (Å²) in [6.45, 7) is 25.1. The first-order valence-electron chi connectivity index (χ1n) is 14.0. The number of nitrogens with zero attached hydrogens (tertiary/aromatic N) is 2. The molecule has 0 saturated carbocycles. The standard InChI is InChI=1S/C37H44N4/c1-10-12-15-31(11-2)33(38-9)21-18-26(3)17-19-29-14-13-16-32(24-29)28(5)39-36-40-34-22-20-30(25-35(34)41-36)23-27(4)37(6,7)8/h10-16,18,20-22,24-25H,1,3-5,17,19,23H2,2,6-9H3,(H2,39,40,41)/b15-12-,21-18-,31-11+,38-33-. The molecular weight excluding hydrogens is 500 g/mol. The number of allylic oxidation sites excluding steroid dienone is 9. The van der Waals surface area contributed by atoms with E-state index in [1.807, 2.05) is 37.3 Å². The van der Waals surface area contributed by atoms with Gasteiger partial charge >= 0.3 is 0 Å². The lowest BCUT2D eigenvalue weighted by molar-refractivity contribution is 0.494. The molecule has 1 aromatic heterocycles. The van der Waals surface area contributed by atoms with Crippen molar-refractivity contribution in [2.24, 2.45) is 10.4 Å². The van der Waals surface area contributed by atoms with Crippen LogP contribution in [0, 0.1) is 5.41 Å². The van der Waals surface area contributed by atoms with Crippen LogP contribution in [0.3, 0.4) is 0 Å². The van der Waals surface area contributed by atoms with E-state index in [4.69, 9.17) is 4.98 Å². The van der Waals surface area contributed by atoms with E-state index < -0.39 is 0 Å². The number of hydrogen-bond acceptors (Lipinski definition) is 3. The van der Waals surface area contributed by atoms with Crippen molar-refractivity contribution in [3.05, 3.63) is 139 Å². The number of anilines is 1. The third kappa shape index (κ3) is 9.04. The maximum Gasteiger partial charge on any atom is 0.205 e. The number of aromatic nitrogens is 2. The van der Waals surface area contributed by atoms with E-state index in [9.17, 15) is 0 Å². The smallest absolute Gasteiger partial charge is 0.205 e. The number of benzene rings is 2. The predicted octanol–water partition coefficient (Wildman–Crippen LogP) is 9.59. The molecule has 4 heteroatoms. The topological polar surface area (TPSA) is 53.1 Å². The lowest BCUT2D eigenvalue weighted by Gasteiger charge is -2.21. The Balaban J connectivity index is 1.62. The zero-order valence-electron chi connectivity index (χ0n) is 25.3. The Morgan fingerprint density at radius 3 is 2.49 bits per heavy atom. The summed E-state index contributed by atoms with van der Waals surface area (Å²) in [5.74, 6) is 0.678. The number of H-pyrrole nitrogens is 1. The SMILES string of the molecule is C=C\C=C/C(=C\C)C(/C=C\C(=C)CCc1cccc(C(=C)Nc2nc3cc(CC(=C)C(C)(C)C)ccc3[nH]2)c1)=N\C. The maximum atomic E-state index is 4.77. The fourth-order valence-corrected chi connectivity index (χ4v) is 4.25. The number of aromatic amines is 1. The first kappa shape index (κ1) is 31.1. The third-order valence-electron chi connectivity index (χ3n) is 7.04. The Morgan fingerprint density at radius 2 is 1.80 bits per heavy atom. The van der Waals surface area contributed by atoms with Crippen molar-refractivity contribution >= 4 is 28.4 Å². The van der Waals surface area contributed by atoms with Crippen LogP contribution in [-0.2, 0) is 12.8 Å². The molecule has 1 heterocycles. The molecule has 0 aliphatic heterocycles.